The maximum absolute atomic E-state index is 11.6. The summed E-state index contributed by atoms with van der Waals surface area (Å²) in [5.41, 5.74) is 2.21. The molecular formula is C20H30N6O3. The van der Waals surface area contributed by atoms with Crippen LogP contribution in [0.2, 0.25) is 0 Å². The highest BCUT2D eigenvalue weighted by Gasteiger charge is 2.43. The number of hydrogen-bond donors (Lipinski definition) is 2. The summed E-state index contributed by atoms with van der Waals surface area (Å²) in [5, 5.41) is 13.0. The van der Waals surface area contributed by atoms with Crippen LogP contribution in [0.25, 0.3) is 0 Å². The molecule has 4 aliphatic rings. The van der Waals surface area contributed by atoms with Gasteiger partial charge in [0.2, 0.25) is 0 Å². The quantitative estimate of drug-likeness (QED) is 0.768. The maximum atomic E-state index is 11.6. The number of piperazine rings is 1. The number of carboxylic acid groups (broad SMARTS) is 1. The second-order valence-electron chi connectivity index (χ2n) is 8.75. The van der Waals surface area contributed by atoms with E-state index in [0.29, 0.717) is 31.7 Å². The van der Waals surface area contributed by atoms with E-state index in [2.05, 4.69) is 22.2 Å². The lowest BCUT2D eigenvalue weighted by Crippen LogP contribution is -2.56. The second kappa shape index (κ2) is 7.60. The van der Waals surface area contributed by atoms with Crippen LogP contribution in [0, 0.1) is 0 Å². The lowest BCUT2D eigenvalue weighted by atomic mass is 10.1. The second-order valence-corrected chi connectivity index (χ2v) is 8.75. The Morgan fingerprint density at radius 1 is 1.24 bits per heavy atom. The topological polar surface area (TPSA) is 94.1 Å². The summed E-state index contributed by atoms with van der Waals surface area (Å²) in [7, 11) is 2.14. The van der Waals surface area contributed by atoms with Gasteiger partial charge < -0.3 is 25.0 Å². The number of ether oxygens (including phenoxy) is 1. The highest BCUT2D eigenvalue weighted by Crippen LogP contribution is 2.35. The summed E-state index contributed by atoms with van der Waals surface area (Å²) >= 11 is 0. The first kappa shape index (κ1) is 18.9. The third-order valence-corrected chi connectivity index (χ3v) is 6.97. The summed E-state index contributed by atoms with van der Waals surface area (Å²) in [6.07, 6.45) is 4.32. The summed E-state index contributed by atoms with van der Waals surface area (Å²) in [6, 6.07) is 0.979. The van der Waals surface area contributed by atoms with Gasteiger partial charge in [0.1, 0.15) is 12.4 Å². The van der Waals surface area contributed by atoms with Gasteiger partial charge in [-0.1, -0.05) is 0 Å². The fourth-order valence-electron chi connectivity index (χ4n) is 5.39. The van der Waals surface area contributed by atoms with Gasteiger partial charge in [-0.2, -0.15) is 9.97 Å². The van der Waals surface area contributed by atoms with Crippen LogP contribution < -0.4 is 15.0 Å². The molecule has 1 amide bonds. The standard InChI is InChI=1S/C20H30N6O3/c1-24-8-2-3-15(24)12-29-19-22-17-9-21-7-6-16(17)18(23-19)25-10-13-4-5-14(11-25)26(13)20(27)28/h13-15,21H,2-12H2,1H3,(H,27,28)/t13-,14+,15-/m0/s1. The van der Waals surface area contributed by atoms with Crippen molar-refractivity contribution in [2.45, 2.75) is 56.8 Å². The minimum atomic E-state index is -0.796. The zero-order chi connectivity index (χ0) is 20.0. The Hall–Kier alpha value is -2.13. The number of amides is 1. The minimum Gasteiger partial charge on any atom is -0.465 e. The molecule has 5 heterocycles. The molecule has 3 saturated heterocycles. The first-order valence-electron chi connectivity index (χ1n) is 10.8. The van der Waals surface area contributed by atoms with Gasteiger partial charge in [-0.15, -0.1) is 0 Å². The Morgan fingerprint density at radius 3 is 2.72 bits per heavy atom. The van der Waals surface area contributed by atoms with Crippen LogP contribution in [0.4, 0.5) is 10.6 Å². The molecule has 0 aromatic carbocycles. The van der Waals surface area contributed by atoms with Crippen molar-refractivity contribution in [3.63, 3.8) is 0 Å². The Morgan fingerprint density at radius 2 is 2.03 bits per heavy atom. The average Bonchev–Trinajstić information content (AvgIpc) is 3.25. The van der Waals surface area contributed by atoms with E-state index >= 15 is 0 Å². The van der Waals surface area contributed by atoms with Crippen molar-refractivity contribution in [3.8, 4) is 6.01 Å². The molecule has 2 bridgehead atoms. The molecule has 5 rings (SSSR count). The molecule has 0 unspecified atom stereocenters. The molecule has 1 aromatic heterocycles. The number of nitrogens with zero attached hydrogens (tertiary/aromatic N) is 5. The van der Waals surface area contributed by atoms with E-state index in [0.717, 1.165) is 56.8 Å². The van der Waals surface area contributed by atoms with Gasteiger partial charge in [0.25, 0.3) is 0 Å². The van der Waals surface area contributed by atoms with Gasteiger partial charge in [-0.25, -0.2) is 4.79 Å². The molecule has 1 aromatic rings. The van der Waals surface area contributed by atoms with Crippen LogP contribution in [-0.4, -0.2) is 88.9 Å². The summed E-state index contributed by atoms with van der Waals surface area (Å²) in [4.78, 5) is 27.4. The number of hydrogen-bond acceptors (Lipinski definition) is 7. The van der Waals surface area contributed by atoms with Gasteiger partial charge >= 0.3 is 12.1 Å². The Kier molecular flexibility index (Phi) is 4.95. The van der Waals surface area contributed by atoms with E-state index in [9.17, 15) is 9.90 Å². The third kappa shape index (κ3) is 3.50. The number of aromatic nitrogens is 2. The zero-order valence-electron chi connectivity index (χ0n) is 17.0. The molecule has 29 heavy (non-hydrogen) atoms. The Labute approximate surface area is 171 Å². The first-order chi connectivity index (χ1) is 14.1. The van der Waals surface area contributed by atoms with E-state index in [1.807, 2.05) is 0 Å². The van der Waals surface area contributed by atoms with Crippen molar-refractivity contribution in [2.75, 3.05) is 44.7 Å². The van der Waals surface area contributed by atoms with Gasteiger partial charge in [0.15, 0.2) is 0 Å². The van der Waals surface area contributed by atoms with E-state index in [-0.39, 0.29) is 12.1 Å². The number of likely N-dealkylation sites (N-methyl/N-ethyl adjacent to an activating group) is 1. The fraction of sp³-hybridized carbons (Fsp3) is 0.750. The summed E-state index contributed by atoms with van der Waals surface area (Å²) in [5.74, 6) is 0.952. The van der Waals surface area contributed by atoms with Crippen molar-refractivity contribution in [1.29, 1.82) is 0 Å². The Balaban J connectivity index is 1.39. The molecule has 9 heteroatoms. The van der Waals surface area contributed by atoms with Crippen molar-refractivity contribution in [2.24, 2.45) is 0 Å². The van der Waals surface area contributed by atoms with Crippen LogP contribution in [0.3, 0.4) is 0 Å². The van der Waals surface area contributed by atoms with Crippen LogP contribution in [0.15, 0.2) is 0 Å². The zero-order valence-corrected chi connectivity index (χ0v) is 17.0. The molecule has 2 N–H and O–H groups in total. The van der Waals surface area contributed by atoms with E-state index < -0.39 is 6.09 Å². The molecule has 0 spiro atoms. The van der Waals surface area contributed by atoms with E-state index in [1.165, 1.54) is 12.0 Å². The average molecular weight is 402 g/mol. The van der Waals surface area contributed by atoms with Gasteiger partial charge in [-0.05, 0) is 52.2 Å². The van der Waals surface area contributed by atoms with Gasteiger partial charge in [0, 0.05) is 31.2 Å². The summed E-state index contributed by atoms with van der Waals surface area (Å²) < 4.78 is 6.06. The first-order valence-corrected chi connectivity index (χ1v) is 10.8. The number of anilines is 1. The number of carbonyl (C=O) groups is 1. The van der Waals surface area contributed by atoms with Crippen molar-refractivity contribution >= 4 is 11.9 Å². The van der Waals surface area contributed by atoms with Crippen molar-refractivity contribution in [3.05, 3.63) is 11.3 Å². The molecule has 9 nitrogen and oxygen atoms in total. The third-order valence-electron chi connectivity index (χ3n) is 6.97. The van der Waals surface area contributed by atoms with Crippen LogP contribution in [0.1, 0.15) is 36.9 Å². The number of rotatable bonds is 4. The minimum absolute atomic E-state index is 0.0510. The largest absolute Gasteiger partial charge is 0.465 e. The van der Waals surface area contributed by atoms with Crippen LogP contribution in [0.5, 0.6) is 6.01 Å². The van der Waals surface area contributed by atoms with Crippen LogP contribution >= 0.6 is 0 Å². The highest BCUT2D eigenvalue weighted by atomic mass is 16.5. The molecule has 0 saturated carbocycles. The predicted octanol–water partition coefficient (Wildman–Crippen LogP) is 0.926. The monoisotopic (exact) mass is 402 g/mol. The smallest absolute Gasteiger partial charge is 0.407 e. The number of nitrogens with one attached hydrogen (secondary N) is 1. The van der Waals surface area contributed by atoms with Crippen LogP contribution in [-0.2, 0) is 13.0 Å². The highest BCUT2D eigenvalue weighted by molar-refractivity contribution is 5.67. The Bertz CT molecular complexity index is 776. The molecule has 4 aliphatic heterocycles. The molecule has 3 fully saturated rings. The lowest BCUT2D eigenvalue weighted by Gasteiger charge is -2.41. The van der Waals surface area contributed by atoms with E-state index in [1.54, 1.807) is 4.90 Å². The van der Waals surface area contributed by atoms with Crippen molar-refractivity contribution in [1.82, 2.24) is 25.1 Å². The number of likely N-dealkylation sites (tertiary alicyclic amines) is 1. The molecule has 0 aliphatic carbocycles. The summed E-state index contributed by atoms with van der Waals surface area (Å²) in [6.45, 7) is 4.77. The normalized spacial score (nSPS) is 29.2. The lowest BCUT2D eigenvalue weighted by molar-refractivity contribution is 0.114. The van der Waals surface area contributed by atoms with E-state index in [4.69, 9.17) is 14.7 Å². The fourth-order valence-corrected chi connectivity index (χ4v) is 5.39. The van der Waals surface area contributed by atoms with Crippen molar-refractivity contribution < 1.29 is 14.6 Å². The maximum Gasteiger partial charge on any atom is 0.407 e. The molecule has 0 radical (unpaired) electrons. The predicted molar refractivity (Wildman–Crippen MR) is 107 cm³/mol. The SMILES string of the molecule is CN1CCC[C@H]1COc1nc2c(c(N3C[C@H]4CC[C@@H](C3)N4C(=O)O)n1)CCNC2. The number of fused-ring (bicyclic) bond motifs is 3. The molecular weight excluding hydrogens is 372 g/mol. The molecule has 158 valence electrons. The van der Waals surface area contributed by atoms with Gasteiger partial charge in [0.05, 0.1) is 17.8 Å². The molecule has 3 atom stereocenters. The van der Waals surface area contributed by atoms with Gasteiger partial charge in [-0.3, -0.25) is 4.90 Å².